The van der Waals surface area contributed by atoms with Crippen LogP contribution in [0, 0.1) is 12.3 Å². The summed E-state index contributed by atoms with van der Waals surface area (Å²) in [6.45, 7) is 4.92. The molecule has 0 saturated carbocycles. The number of fused-ring (bicyclic) bond motifs is 1. The van der Waals surface area contributed by atoms with E-state index in [9.17, 15) is 9.59 Å². The molecule has 21 heavy (non-hydrogen) atoms. The minimum Gasteiger partial charge on any atom is -0.481 e. The van der Waals surface area contributed by atoms with Crippen molar-refractivity contribution >= 4 is 28.5 Å². The second-order valence-corrected chi connectivity index (χ2v) is 5.74. The fraction of sp³-hybridized carbons (Fsp3) is 0.312. The molecule has 5 heteroatoms. The van der Waals surface area contributed by atoms with Crippen LogP contribution in [0.1, 0.15) is 26.0 Å². The second-order valence-electron chi connectivity index (χ2n) is 5.74. The molecule has 0 spiro atoms. The highest BCUT2D eigenvalue weighted by atomic mass is 16.4. The summed E-state index contributed by atoms with van der Waals surface area (Å²) in [6, 6.07) is 9.29. The number of carboxylic acids is 1. The van der Waals surface area contributed by atoms with E-state index in [1.54, 1.807) is 6.07 Å². The smallest absolute Gasteiger partial charge is 0.309 e. The van der Waals surface area contributed by atoms with Gasteiger partial charge in [0.1, 0.15) is 0 Å². The van der Waals surface area contributed by atoms with Gasteiger partial charge in [-0.3, -0.25) is 14.6 Å². The van der Waals surface area contributed by atoms with Gasteiger partial charge in [0.15, 0.2) is 0 Å². The largest absolute Gasteiger partial charge is 0.481 e. The first-order chi connectivity index (χ1) is 9.79. The molecule has 2 N–H and O–H groups in total. The van der Waals surface area contributed by atoms with E-state index in [0.717, 1.165) is 16.6 Å². The first kappa shape index (κ1) is 15.0. The summed E-state index contributed by atoms with van der Waals surface area (Å²) in [5.74, 6) is -1.31. The van der Waals surface area contributed by atoms with Crippen molar-refractivity contribution in [3.8, 4) is 0 Å². The predicted molar refractivity (Wildman–Crippen MR) is 81.1 cm³/mol. The number of para-hydroxylation sites is 1. The Balaban J connectivity index is 2.28. The lowest BCUT2D eigenvalue weighted by Crippen LogP contribution is -2.29. The zero-order valence-electron chi connectivity index (χ0n) is 12.3. The topological polar surface area (TPSA) is 79.3 Å². The van der Waals surface area contributed by atoms with Gasteiger partial charge in [0.25, 0.3) is 0 Å². The highest BCUT2D eigenvalue weighted by Crippen LogP contribution is 2.25. The van der Waals surface area contributed by atoms with Gasteiger partial charge in [-0.2, -0.15) is 0 Å². The van der Waals surface area contributed by atoms with Gasteiger partial charge in [-0.1, -0.05) is 18.2 Å². The van der Waals surface area contributed by atoms with E-state index in [4.69, 9.17) is 5.11 Å². The Kier molecular flexibility index (Phi) is 3.93. The zero-order valence-corrected chi connectivity index (χ0v) is 12.3. The van der Waals surface area contributed by atoms with Crippen LogP contribution in [-0.2, 0) is 9.59 Å². The standard InChI is InChI=1S/C16H18N2O3/c1-10-8-13(11-6-4-5-7-12(11)17-10)18-14(19)9-16(2,3)15(20)21/h4-8H,9H2,1-3H3,(H,20,21)(H,17,18,19). The number of aromatic nitrogens is 1. The summed E-state index contributed by atoms with van der Waals surface area (Å²) < 4.78 is 0. The molecular weight excluding hydrogens is 268 g/mol. The average Bonchev–Trinajstić information content (AvgIpc) is 2.37. The van der Waals surface area contributed by atoms with E-state index in [0.29, 0.717) is 5.69 Å². The molecule has 0 bridgehead atoms. The predicted octanol–water partition coefficient (Wildman–Crippen LogP) is 2.98. The van der Waals surface area contributed by atoms with Crippen molar-refractivity contribution in [3.05, 3.63) is 36.0 Å². The minimum atomic E-state index is -1.10. The van der Waals surface area contributed by atoms with Crippen molar-refractivity contribution in [2.24, 2.45) is 5.41 Å². The molecule has 2 rings (SSSR count). The number of carboxylic acid groups (broad SMARTS) is 1. The van der Waals surface area contributed by atoms with Crippen LogP contribution in [0.5, 0.6) is 0 Å². The molecule has 0 saturated heterocycles. The van der Waals surface area contributed by atoms with Crippen LogP contribution >= 0.6 is 0 Å². The molecule has 0 fully saturated rings. The van der Waals surface area contributed by atoms with E-state index >= 15 is 0 Å². The molecule has 1 heterocycles. The molecule has 110 valence electrons. The number of anilines is 1. The Morgan fingerprint density at radius 2 is 1.95 bits per heavy atom. The van der Waals surface area contributed by atoms with Gasteiger partial charge < -0.3 is 10.4 Å². The molecule has 5 nitrogen and oxygen atoms in total. The maximum absolute atomic E-state index is 12.1. The molecular formula is C16H18N2O3. The number of aryl methyl sites for hydroxylation is 1. The van der Waals surface area contributed by atoms with Crippen molar-refractivity contribution in [2.45, 2.75) is 27.2 Å². The van der Waals surface area contributed by atoms with Crippen molar-refractivity contribution < 1.29 is 14.7 Å². The fourth-order valence-corrected chi connectivity index (χ4v) is 2.08. The van der Waals surface area contributed by atoms with Crippen LogP contribution < -0.4 is 5.32 Å². The van der Waals surface area contributed by atoms with E-state index in [1.807, 2.05) is 31.2 Å². The number of pyridine rings is 1. The molecule has 1 aromatic carbocycles. The van der Waals surface area contributed by atoms with Gasteiger partial charge in [-0.05, 0) is 32.9 Å². The number of benzene rings is 1. The number of carbonyl (C=O) groups excluding carboxylic acids is 1. The number of nitrogens with zero attached hydrogens (tertiary/aromatic N) is 1. The van der Waals surface area contributed by atoms with Gasteiger partial charge in [0.2, 0.25) is 5.91 Å². The zero-order chi connectivity index (χ0) is 15.6. The second kappa shape index (κ2) is 5.52. The SMILES string of the molecule is Cc1cc(NC(=O)CC(C)(C)C(=O)O)c2ccccc2n1. The summed E-state index contributed by atoms with van der Waals surface area (Å²) in [5, 5.41) is 12.7. The van der Waals surface area contributed by atoms with Crippen molar-refractivity contribution in [1.82, 2.24) is 4.98 Å². The van der Waals surface area contributed by atoms with E-state index < -0.39 is 11.4 Å². The third kappa shape index (κ3) is 3.37. The first-order valence-corrected chi connectivity index (χ1v) is 6.69. The van der Waals surface area contributed by atoms with E-state index in [1.165, 1.54) is 13.8 Å². The van der Waals surface area contributed by atoms with Crippen molar-refractivity contribution in [1.29, 1.82) is 0 Å². The Hall–Kier alpha value is -2.43. The Morgan fingerprint density at radius 3 is 2.62 bits per heavy atom. The highest BCUT2D eigenvalue weighted by Gasteiger charge is 2.30. The normalized spacial score (nSPS) is 11.4. The summed E-state index contributed by atoms with van der Waals surface area (Å²) in [7, 11) is 0. The molecule has 0 atom stereocenters. The highest BCUT2D eigenvalue weighted by molar-refractivity contribution is 6.02. The van der Waals surface area contributed by atoms with Gasteiger partial charge in [0.05, 0.1) is 16.6 Å². The molecule has 0 aliphatic carbocycles. The third-order valence-electron chi connectivity index (χ3n) is 3.30. The summed E-state index contributed by atoms with van der Waals surface area (Å²) in [4.78, 5) is 27.6. The Bertz CT molecular complexity index is 708. The van der Waals surface area contributed by atoms with Gasteiger partial charge in [-0.25, -0.2) is 0 Å². The lowest BCUT2D eigenvalue weighted by Gasteiger charge is -2.18. The Labute approximate surface area is 123 Å². The lowest BCUT2D eigenvalue weighted by atomic mass is 9.89. The number of amides is 1. The van der Waals surface area contributed by atoms with Crippen LogP contribution in [0.25, 0.3) is 10.9 Å². The quantitative estimate of drug-likeness (QED) is 0.905. The number of rotatable bonds is 4. The van der Waals surface area contributed by atoms with Crippen molar-refractivity contribution in [2.75, 3.05) is 5.32 Å². The fourth-order valence-electron chi connectivity index (χ4n) is 2.08. The van der Waals surface area contributed by atoms with Crippen LogP contribution in [-0.4, -0.2) is 22.0 Å². The maximum atomic E-state index is 12.1. The molecule has 0 radical (unpaired) electrons. The molecule has 0 aliphatic rings. The minimum absolute atomic E-state index is 0.0853. The van der Waals surface area contributed by atoms with E-state index in [2.05, 4.69) is 10.3 Å². The van der Waals surface area contributed by atoms with Crippen LogP contribution in [0.2, 0.25) is 0 Å². The molecule has 2 aromatic rings. The lowest BCUT2D eigenvalue weighted by molar-refractivity contribution is -0.148. The van der Waals surface area contributed by atoms with Gasteiger partial charge in [0, 0.05) is 17.5 Å². The number of nitrogens with one attached hydrogen (secondary N) is 1. The van der Waals surface area contributed by atoms with Crippen LogP contribution in [0.4, 0.5) is 5.69 Å². The number of hydrogen-bond acceptors (Lipinski definition) is 3. The van der Waals surface area contributed by atoms with Crippen LogP contribution in [0.15, 0.2) is 30.3 Å². The first-order valence-electron chi connectivity index (χ1n) is 6.69. The summed E-state index contributed by atoms with van der Waals surface area (Å²) in [6.07, 6.45) is -0.0853. The molecule has 1 aromatic heterocycles. The molecule has 0 unspecified atom stereocenters. The van der Waals surface area contributed by atoms with E-state index in [-0.39, 0.29) is 12.3 Å². The third-order valence-corrected chi connectivity index (χ3v) is 3.30. The molecule has 0 aliphatic heterocycles. The Morgan fingerprint density at radius 1 is 1.29 bits per heavy atom. The van der Waals surface area contributed by atoms with Gasteiger partial charge >= 0.3 is 5.97 Å². The molecule has 1 amide bonds. The number of carbonyl (C=O) groups is 2. The maximum Gasteiger partial charge on any atom is 0.309 e. The average molecular weight is 286 g/mol. The summed E-state index contributed by atoms with van der Waals surface area (Å²) in [5.41, 5.74) is 1.15. The van der Waals surface area contributed by atoms with Crippen LogP contribution in [0.3, 0.4) is 0 Å². The number of hydrogen-bond donors (Lipinski definition) is 2. The van der Waals surface area contributed by atoms with Crippen molar-refractivity contribution in [3.63, 3.8) is 0 Å². The number of aliphatic carboxylic acids is 1. The monoisotopic (exact) mass is 286 g/mol. The summed E-state index contributed by atoms with van der Waals surface area (Å²) >= 11 is 0. The van der Waals surface area contributed by atoms with Gasteiger partial charge in [-0.15, -0.1) is 0 Å².